The standard InChI is InChI=1S/C20H22N4OS/c1-13(2)19-22-16-8-9-24(12-15(16)20(25)23-19)11-14-5-3-6-17(21-14)18-7-4-10-26-18/h3-7,10,13H,8-9,11-12H2,1-2H3,(H,22,23,25). The van der Waals surface area contributed by atoms with Gasteiger partial charge in [-0.25, -0.2) is 4.98 Å². The molecule has 0 atom stereocenters. The molecule has 4 rings (SSSR count). The molecule has 0 aromatic carbocycles. The molecule has 5 nitrogen and oxygen atoms in total. The lowest BCUT2D eigenvalue weighted by Gasteiger charge is -2.27. The van der Waals surface area contributed by atoms with E-state index < -0.39 is 0 Å². The Hall–Kier alpha value is -2.31. The zero-order valence-corrected chi connectivity index (χ0v) is 15.8. The summed E-state index contributed by atoms with van der Waals surface area (Å²) in [6, 6.07) is 10.3. The normalized spacial score (nSPS) is 14.6. The van der Waals surface area contributed by atoms with E-state index in [0.717, 1.165) is 48.0 Å². The van der Waals surface area contributed by atoms with E-state index in [9.17, 15) is 4.79 Å². The van der Waals surface area contributed by atoms with Gasteiger partial charge in [0.1, 0.15) is 5.82 Å². The van der Waals surface area contributed by atoms with Crippen LogP contribution in [0.4, 0.5) is 0 Å². The van der Waals surface area contributed by atoms with Crippen molar-refractivity contribution >= 4 is 11.3 Å². The van der Waals surface area contributed by atoms with E-state index in [1.165, 1.54) is 4.88 Å². The van der Waals surface area contributed by atoms with Gasteiger partial charge in [-0.3, -0.25) is 14.7 Å². The topological polar surface area (TPSA) is 61.9 Å². The summed E-state index contributed by atoms with van der Waals surface area (Å²) in [5.74, 6) is 1.02. The van der Waals surface area contributed by atoms with Crippen LogP contribution in [0, 0.1) is 0 Å². The number of hydrogen-bond acceptors (Lipinski definition) is 5. The van der Waals surface area contributed by atoms with Crippen LogP contribution in [0.25, 0.3) is 10.6 Å². The number of rotatable bonds is 4. The number of aromatic nitrogens is 3. The fourth-order valence-corrected chi connectivity index (χ4v) is 3.96. The summed E-state index contributed by atoms with van der Waals surface area (Å²) in [4.78, 5) is 28.3. The van der Waals surface area contributed by atoms with Crippen LogP contribution in [0.3, 0.4) is 0 Å². The molecular formula is C20H22N4OS. The maximum absolute atomic E-state index is 12.5. The second-order valence-electron chi connectivity index (χ2n) is 6.98. The molecule has 0 aliphatic carbocycles. The number of nitrogens with zero attached hydrogens (tertiary/aromatic N) is 3. The van der Waals surface area contributed by atoms with Crippen molar-refractivity contribution in [2.24, 2.45) is 0 Å². The molecule has 0 unspecified atom stereocenters. The van der Waals surface area contributed by atoms with Gasteiger partial charge in [0.2, 0.25) is 0 Å². The fourth-order valence-electron chi connectivity index (χ4n) is 3.27. The molecule has 3 aromatic rings. The summed E-state index contributed by atoms with van der Waals surface area (Å²) in [7, 11) is 0. The first-order chi connectivity index (χ1) is 12.6. The van der Waals surface area contributed by atoms with Crippen molar-refractivity contribution < 1.29 is 0 Å². The Balaban J connectivity index is 1.53. The van der Waals surface area contributed by atoms with E-state index >= 15 is 0 Å². The van der Waals surface area contributed by atoms with Gasteiger partial charge in [0.25, 0.3) is 5.56 Å². The highest BCUT2D eigenvalue weighted by Gasteiger charge is 2.22. The highest BCUT2D eigenvalue weighted by molar-refractivity contribution is 7.13. The second kappa shape index (κ2) is 7.13. The molecule has 0 spiro atoms. The Bertz CT molecular complexity index is 962. The van der Waals surface area contributed by atoms with Crippen LogP contribution in [-0.4, -0.2) is 26.4 Å². The second-order valence-corrected chi connectivity index (χ2v) is 7.93. The van der Waals surface area contributed by atoms with Crippen molar-refractivity contribution in [2.45, 2.75) is 39.3 Å². The van der Waals surface area contributed by atoms with E-state index in [-0.39, 0.29) is 11.5 Å². The number of thiophene rings is 1. The molecule has 0 fully saturated rings. The Morgan fingerprint density at radius 2 is 2.12 bits per heavy atom. The van der Waals surface area contributed by atoms with E-state index in [2.05, 4.69) is 38.4 Å². The quantitative estimate of drug-likeness (QED) is 0.767. The van der Waals surface area contributed by atoms with Gasteiger partial charge in [-0.1, -0.05) is 26.0 Å². The highest BCUT2D eigenvalue weighted by atomic mass is 32.1. The third-order valence-corrected chi connectivity index (χ3v) is 5.57. The van der Waals surface area contributed by atoms with Crippen molar-refractivity contribution in [1.29, 1.82) is 0 Å². The first-order valence-electron chi connectivity index (χ1n) is 8.94. The van der Waals surface area contributed by atoms with Crippen LogP contribution in [0.1, 0.15) is 42.5 Å². The van der Waals surface area contributed by atoms with Gasteiger partial charge in [0, 0.05) is 32.0 Å². The Morgan fingerprint density at radius 3 is 2.88 bits per heavy atom. The van der Waals surface area contributed by atoms with Crippen LogP contribution in [0.2, 0.25) is 0 Å². The van der Waals surface area contributed by atoms with Gasteiger partial charge >= 0.3 is 0 Å². The summed E-state index contributed by atoms with van der Waals surface area (Å²) in [6.07, 6.45) is 0.809. The van der Waals surface area contributed by atoms with Crippen LogP contribution in [0.5, 0.6) is 0 Å². The number of aromatic amines is 1. The predicted molar refractivity (Wildman–Crippen MR) is 104 cm³/mol. The molecule has 1 aliphatic heterocycles. The Morgan fingerprint density at radius 1 is 1.23 bits per heavy atom. The molecule has 1 N–H and O–H groups in total. The van der Waals surface area contributed by atoms with Gasteiger partial charge in [-0.2, -0.15) is 0 Å². The molecule has 1 aliphatic rings. The summed E-state index contributed by atoms with van der Waals surface area (Å²) in [5.41, 5.74) is 3.80. The predicted octanol–water partition coefficient (Wildman–Crippen LogP) is 3.58. The molecular weight excluding hydrogens is 344 g/mol. The lowest BCUT2D eigenvalue weighted by Crippen LogP contribution is -2.36. The first-order valence-corrected chi connectivity index (χ1v) is 9.82. The molecule has 0 saturated heterocycles. The van der Waals surface area contributed by atoms with E-state index in [1.54, 1.807) is 11.3 Å². The van der Waals surface area contributed by atoms with Crippen molar-refractivity contribution in [1.82, 2.24) is 19.9 Å². The molecule has 0 amide bonds. The Labute approximate surface area is 156 Å². The average molecular weight is 366 g/mol. The van der Waals surface area contributed by atoms with Crippen molar-refractivity contribution in [2.75, 3.05) is 6.54 Å². The average Bonchev–Trinajstić information content (AvgIpc) is 3.17. The van der Waals surface area contributed by atoms with Crippen LogP contribution >= 0.6 is 11.3 Å². The minimum absolute atomic E-state index is 0.00342. The smallest absolute Gasteiger partial charge is 0.255 e. The molecule has 134 valence electrons. The lowest BCUT2D eigenvalue weighted by molar-refractivity contribution is 0.238. The first kappa shape index (κ1) is 17.1. The zero-order chi connectivity index (χ0) is 18.1. The van der Waals surface area contributed by atoms with Gasteiger partial charge in [-0.05, 0) is 23.6 Å². The Kier molecular flexibility index (Phi) is 4.70. The van der Waals surface area contributed by atoms with Crippen molar-refractivity contribution in [3.05, 3.63) is 68.8 Å². The van der Waals surface area contributed by atoms with Crippen molar-refractivity contribution in [3.8, 4) is 10.6 Å². The molecule has 0 saturated carbocycles. The SMILES string of the molecule is CC(C)c1nc2c(c(=O)[nH]1)CN(Cc1cccc(-c3cccs3)n1)CC2. The number of hydrogen-bond donors (Lipinski definition) is 1. The number of H-pyrrole nitrogens is 1. The number of pyridine rings is 1. The summed E-state index contributed by atoms with van der Waals surface area (Å²) in [6.45, 7) is 6.36. The third-order valence-electron chi connectivity index (χ3n) is 4.68. The zero-order valence-electron chi connectivity index (χ0n) is 15.0. The molecule has 26 heavy (non-hydrogen) atoms. The molecule has 4 heterocycles. The fraction of sp³-hybridized carbons (Fsp3) is 0.350. The minimum atomic E-state index is 0.00342. The van der Waals surface area contributed by atoms with Gasteiger partial charge in [0.15, 0.2) is 0 Å². The summed E-state index contributed by atoms with van der Waals surface area (Å²) >= 11 is 1.70. The number of nitrogens with one attached hydrogen (secondary N) is 1. The van der Waals surface area contributed by atoms with Crippen LogP contribution in [0.15, 0.2) is 40.5 Å². The van der Waals surface area contributed by atoms with Crippen LogP contribution in [-0.2, 0) is 19.5 Å². The third kappa shape index (κ3) is 3.48. The maximum atomic E-state index is 12.5. The van der Waals surface area contributed by atoms with Crippen LogP contribution < -0.4 is 5.56 Å². The van der Waals surface area contributed by atoms with E-state index in [4.69, 9.17) is 4.98 Å². The number of fused-ring (bicyclic) bond motifs is 1. The minimum Gasteiger partial charge on any atom is -0.310 e. The molecule has 6 heteroatoms. The molecule has 0 bridgehead atoms. The van der Waals surface area contributed by atoms with Gasteiger partial charge < -0.3 is 4.98 Å². The van der Waals surface area contributed by atoms with E-state index in [0.29, 0.717) is 6.54 Å². The summed E-state index contributed by atoms with van der Waals surface area (Å²) < 4.78 is 0. The highest BCUT2D eigenvalue weighted by Crippen LogP contribution is 2.23. The monoisotopic (exact) mass is 366 g/mol. The van der Waals surface area contributed by atoms with E-state index in [1.807, 2.05) is 26.0 Å². The van der Waals surface area contributed by atoms with Crippen molar-refractivity contribution in [3.63, 3.8) is 0 Å². The summed E-state index contributed by atoms with van der Waals surface area (Å²) in [5, 5.41) is 2.07. The van der Waals surface area contributed by atoms with Gasteiger partial charge in [0.05, 0.1) is 27.5 Å². The largest absolute Gasteiger partial charge is 0.310 e. The maximum Gasteiger partial charge on any atom is 0.255 e. The van der Waals surface area contributed by atoms with Gasteiger partial charge in [-0.15, -0.1) is 11.3 Å². The lowest BCUT2D eigenvalue weighted by atomic mass is 10.1. The molecule has 3 aromatic heterocycles. The molecule has 0 radical (unpaired) electrons.